The molecule has 0 saturated carbocycles. The topological polar surface area (TPSA) is 59.3 Å². The minimum atomic E-state index is 0.643. The van der Waals surface area contributed by atoms with Crippen LogP contribution in [0.25, 0.3) is 11.2 Å². The highest BCUT2D eigenvalue weighted by Gasteiger charge is 2.28. The van der Waals surface area contributed by atoms with E-state index in [1.807, 2.05) is 40.9 Å². The highest BCUT2D eigenvalue weighted by molar-refractivity contribution is 5.84. The summed E-state index contributed by atoms with van der Waals surface area (Å²) in [4.78, 5) is 6.72. The molecule has 5 rings (SSSR count). The molecule has 2 aliphatic heterocycles. The quantitative estimate of drug-likeness (QED) is 0.444. The number of imidazole rings is 1. The average molecular weight is 305 g/mol. The van der Waals surface area contributed by atoms with E-state index in [0.29, 0.717) is 17.9 Å². The van der Waals surface area contributed by atoms with Crippen LogP contribution in [0.15, 0.2) is 48.8 Å². The Morgan fingerprint density at radius 2 is 2.00 bits per heavy atom. The molecule has 0 atom stereocenters. The van der Waals surface area contributed by atoms with E-state index < -0.39 is 0 Å². The Kier molecular flexibility index (Phi) is 2.44. The zero-order valence-corrected chi connectivity index (χ0v) is 12.4. The molecular formula is C17H15N5O. The molecule has 1 saturated heterocycles. The van der Waals surface area contributed by atoms with E-state index in [0.717, 1.165) is 40.6 Å². The van der Waals surface area contributed by atoms with Gasteiger partial charge in [-0.25, -0.2) is 4.98 Å². The minimum Gasteiger partial charge on any atom is -0.618 e. The fourth-order valence-electron chi connectivity index (χ4n) is 3.11. The molecule has 0 spiro atoms. The Hall–Kier alpha value is -3.02. The van der Waals surface area contributed by atoms with E-state index >= 15 is 0 Å². The Balaban J connectivity index is 1.74. The normalized spacial score (nSPS) is 16.0. The van der Waals surface area contributed by atoms with Crippen molar-refractivity contribution in [2.75, 3.05) is 29.9 Å². The number of hydrogen-bond donors (Lipinski definition) is 1. The van der Waals surface area contributed by atoms with Gasteiger partial charge < -0.3 is 15.4 Å². The lowest BCUT2D eigenvalue weighted by molar-refractivity contribution is -0.606. The van der Waals surface area contributed by atoms with Gasteiger partial charge in [0.15, 0.2) is 5.82 Å². The monoisotopic (exact) mass is 305 g/mol. The van der Waals surface area contributed by atoms with Crippen molar-refractivity contribution in [1.29, 1.82) is 0 Å². The van der Waals surface area contributed by atoms with Crippen LogP contribution in [-0.2, 0) is 0 Å². The molecule has 114 valence electrons. The molecule has 0 aliphatic carbocycles. The van der Waals surface area contributed by atoms with Gasteiger partial charge in [0, 0.05) is 19.6 Å². The summed E-state index contributed by atoms with van der Waals surface area (Å²) in [5, 5.41) is 16.0. The SMILES string of the molecule is [O-][n+]1cc2nc(N3CC3)cn2c2c1C(c1ccccc1)=CCN2. The third kappa shape index (κ3) is 1.88. The van der Waals surface area contributed by atoms with E-state index in [1.165, 1.54) is 0 Å². The van der Waals surface area contributed by atoms with E-state index in [9.17, 15) is 5.21 Å². The molecule has 4 heterocycles. The van der Waals surface area contributed by atoms with Crippen LogP contribution >= 0.6 is 0 Å². The summed E-state index contributed by atoms with van der Waals surface area (Å²) in [6.45, 7) is 2.76. The maximum absolute atomic E-state index is 12.6. The number of nitrogens with zero attached hydrogens (tertiary/aromatic N) is 4. The molecule has 1 N–H and O–H groups in total. The second-order valence-corrected chi connectivity index (χ2v) is 5.83. The van der Waals surface area contributed by atoms with Crippen molar-refractivity contribution in [3.8, 4) is 0 Å². The van der Waals surface area contributed by atoms with Gasteiger partial charge in [0.1, 0.15) is 5.82 Å². The first kappa shape index (κ1) is 12.5. The third-order valence-corrected chi connectivity index (χ3v) is 4.33. The van der Waals surface area contributed by atoms with Crippen molar-refractivity contribution in [2.45, 2.75) is 0 Å². The first-order chi connectivity index (χ1) is 11.3. The maximum atomic E-state index is 12.6. The molecule has 0 radical (unpaired) electrons. The van der Waals surface area contributed by atoms with E-state index in [-0.39, 0.29) is 0 Å². The lowest BCUT2D eigenvalue weighted by Gasteiger charge is -2.19. The molecule has 0 bridgehead atoms. The van der Waals surface area contributed by atoms with Gasteiger partial charge in [-0.1, -0.05) is 36.4 Å². The second kappa shape index (κ2) is 4.49. The highest BCUT2D eigenvalue weighted by Crippen LogP contribution is 2.31. The first-order valence-corrected chi connectivity index (χ1v) is 7.71. The van der Waals surface area contributed by atoms with Crippen molar-refractivity contribution >= 4 is 22.9 Å². The number of nitrogens with one attached hydrogen (secondary N) is 1. The van der Waals surface area contributed by atoms with Gasteiger partial charge in [-0.15, -0.1) is 0 Å². The van der Waals surface area contributed by atoms with Crippen LogP contribution in [0.1, 0.15) is 11.3 Å². The standard InChI is InChI=1S/C17H15N5O/c23-22-11-15-19-14(20-8-9-20)10-21(15)17-16(22)13(6-7-18-17)12-4-2-1-3-5-12/h1-6,10-11,18H,7-9H2. The Morgan fingerprint density at radius 1 is 1.17 bits per heavy atom. The molecule has 1 fully saturated rings. The van der Waals surface area contributed by atoms with Crippen LogP contribution in [-0.4, -0.2) is 29.0 Å². The van der Waals surface area contributed by atoms with Crippen LogP contribution in [0.4, 0.5) is 11.6 Å². The summed E-state index contributed by atoms with van der Waals surface area (Å²) in [5.74, 6) is 1.73. The molecule has 2 aromatic heterocycles. The lowest BCUT2D eigenvalue weighted by atomic mass is 10.00. The molecule has 0 unspecified atom stereocenters. The molecule has 23 heavy (non-hydrogen) atoms. The summed E-state index contributed by atoms with van der Waals surface area (Å²) in [6, 6.07) is 10.0. The number of aromatic nitrogens is 3. The summed E-state index contributed by atoms with van der Waals surface area (Å²) in [6.07, 6.45) is 5.61. The predicted octanol–water partition coefficient (Wildman–Crippen LogP) is 1.64. The first-order valence-electron chi connectivity index (χ1n) is 7.71. The second-order valence-electron chi connectivity index (χ2n) is 5.83. The van der Waals surface area contributed by atoms with Crippen molar-refractivity contribution < 1.29 is 4.73 Å². The molecule has 3 aromatic rings. The lowest BCUT2D eigenvalue weighted by Crippen LogP contribution is -2.35. The minimum absolute atomic E-state index is 0.643. The van der Waals surface area contributed by atoms with Crippen LogP contribution < -0.4 is 14.9 Å². The van der Waals surface area contributed by atoms with Crippen LogP contribution in [0.3, 0.4) is 0 Å². The van der Waals surface area contributed by atoms with Crippen LogP contribution in [0.2, 0.25) is 0 Å². The van der Waals surface area contributed by atoms with Gasteiger partial charge >= 0.3 is 0 Å². The predicted molar refractivity (Wildman–Crippen MR) is 88.4 cm³/mol. The summed E-state index contributed by atoms with van der Waals surface area (Å²) < 4.78 is 2.90. The Bertz CT molecular complexity index is 941. The van der Waals surface area contributed by atoms with Crippen molar-refractivity contribution in [1.82, 2.24) is 9.38 Å². The van der Waals surface area contributed by atoms with Gasteiger partial charge in [0.25, 0.3) is 5.69 Å². The molecular weight excluding hydrogens is 290 g/mol. The largest absolute Gasteiger partial charge is 0.618 e. The van der Waals surface area contributed by atoms with Crippen molar-refractivity contribution in [2.24, 2.45) is 0 Å². The molecule has 1 aromatic carbocycles. The fraction of sp³-hybridized carbons (Fsp3) is 0.176. The number of fused-ring (bicyclic) bond motifs is 3. The third-order valence-electron chi connectivity index (χ3n) is 4.33. The highest BCUT2D eigenvalue weighted by atomic mass is 16.5. The number of hydrogen-bond acceptors (Lipinski definition) is 4. The number of anilines is 2. The number of rotatable bonds is 2. The van der Waals surface area contributed by atoms with Gasteiger partial charge in [-0.05, 0) is 5.56 Å². The van der Waals surface area contributed by atoms with Gasteiger partial charge in [0.2, 0.25) is 11.8 Å². The molecule has 6 nitrogen and oxygen atoms in total. The smallest absolute Gasteiger partial charge is 0.265 e. The van der Waals surface area contributed by atoms with Gasteiger partial charge in [-0.2, -0.15) is 4.73 Å². The molecule has 6 heteroatoms. The van der Waals surface area contributed by atoms with Crippen LogP contribution in [0.5, 0.6) is 0 Å². The number of benzene rings is 1. The zero-order valence-electron chi connectivity index (χ0n) is 12.4. The summed E-state index contributed by atoms with van der Waals surface area (Å²) in [7, 11) is 0. The summed E-state index contributed by atoms with van der Waals surface area (Å²) >= 11 is 0. The van der Waals surface area contributed by atoms with E-state index in [1.54, 1.807) is 6.20 Å². The van der Waals surface area contributed by atoms with Crippen LogP contribution in [0, 0.1) is 5.21 Å². The Labute approximate surface area is 132 Å². The molecule has 0 amide bonds. The van der Waals surface area contributed by atoms with Gasteiger partial charge in [0.05, 0.1) is 11.8 Å². The van der Waals surface area contributed by atoms with E-state index in [4.69, 9.17) is 0 Å². The van der Waals surface area contributed by atoms with E-state index in [2.05, 4.69) is 21.3 Å². The molecule has 2 aliphatic rings. The zero-order chi connectivity index (χ0) is 15.4. The van der Waals surface area contributed by atoms with Gasteiger partial charge in [-0.3, -0.25) is 4.40 Å². The summed E-state index contributed by atoms with van der Waals surface area (Å²) in [5.41, 5.74) is 3.32. The Morgan fingerprint density at radius 3 is 2.78 bits per heavy atom. The maximum Gasteiger partial charge on any atom is 0.265 e. The fourth-order valence-corrected chi connectivity index (χ4v) is 3.11. The van der Waals surface area contributed by atoms with Crippen molar-refractivity contribution in [3.05, 3.63) is 65.3 Å². The average Bonchev–Trinajstić information content (AvgIpc) is 3.35. The van der Waals surface area contributed by atoms with Crippen molar-refractivity contribution in [3.63, 3.8) is 0 Å².